The van der Waals surface area contributed by atoms with Gasteiger partial charge in [-0.25, -0.2) is 17.9 Å². The number of hydrogen-bond donors (Lipinski definition) is 1. The molecule has 0 aliphatic carbocycles. The number of rotatable bonds is 9. The Kier molecular flexibility index (Phi) is 7.81. The van der Waals surface area contributed by atoms with Crippen LogP contribution in [-0.4, -0.2) is 33.9 Å². The minimum Gasteiger partial charge on any atom is -0.482 e. The molecule has 7 heteroatoms. The summed E-state index contributed by atoms with van der Waals surface area (Å²) in [6, 6.07) is 15.0. The van der Waals surface area contributed by atoms with Crippen molar-refractivity contribution in [3.63, 3.8) is 0 Å². The number of nitrogens with one attached hydrogen (secondary N) is 1. The van der Waals surface area contributed by atoms with Crippen LogP contribution in [-0.2, 0) is 37.9 Å². The summed E-state index contributed by atoms with van der Waals surface area (Å²) in [6.45, 7) is 6.39. The molecule has 0 spiro atoms. The lowest BCUT2D eigenvalue weighted by Gasteiger charge is -2.19. The van der Waals surface area contributed by atoms with Gasteiger partial charge in [0.15, 0.2) is 6.61 Å². The highest BCUT2D eigenvalue weighted by atomic mass is 32.2. The highest BCUT2D eigenvalue weighted by Gasteiger charge is 2.14. The van der Waals surface area contributed by atoms with Gasteiger partial charge in [0.25, 0.3) is 0 Å². The Labute approximate surface area is 173 Å². The molecular weight excluding hydrogens is 390 g/mol. The third-order valence-corrected chi connectivity index (χ3v) is 5.78. The molecule has 0 radical (unpaired) electrons. The fourth-order valence-electron chi connectivity index (χ4n) is 2.64. The average molecular weight is 420 g/mol. The summed E-state index contributed by atoms with van der Waals surface area (Å²) >= 11 is 0. The third kappa shape index (κ3) is 7.87. The SMILES string of the molecule is COC(=O)COc1cccc(CNS(=O)(=O)CCc2ccc(C(C)(C)C)cc2)c1. The maximum atomic E-state index is 12.3. The van der Waals surface area contributed by atoms with Crippen LogP contribution in [0.15, 0.2) is 48.5 Å². The Balaban J connectivity index is 1.87. The summed E-state index contributed by atoms with van der Waals surface area (Å²) in [4.78, 5) is 11.1. The normalized spacial score (nSPS) is 11.9. The van der Waals surface area contributed by atoms with Gasteiger partial charge in [0.05, 0.1) is 12.9 Å². The van der Waals surface area contributed by atoms with E-state index in [4.69, 9.17) is 4.74 Å². The van der Waals surface area contributed by atoms with Crippen LogP contribution >= 0.6 is 0 Å². The predicted octanol–water partition coefficient (Wildman–Crippen LogP) is 3.20. The Morgan fingerprint density at radius 3 is 2.34 bits per heavy atom. The molecule has 29 heavy (non-hydrogen) atoms. The lowest BCUT2D eigenvalue weighted by atomic mass is 9.86. The largest absolute Gasteiger partial charge is 0.482 e. The molecule has 1 N–H and O–H groups in total. The van der Waals surface area contributed by atoms with E-state index in [1.54, 1.807) is 24.3 Å². The van der Waals surface area contributed by atoms with Gasteiger partial charge in [-0.1, -0.05) is 57.2 Å². The molecule has 2 aromatic rings. The highest BCUT2D eigenvalue weighted by molar-refractivity contribution is 7.89. The zero-order chi connectivity index (χ0) is 21.5. The van der Waals surface area contributed by atoms with Crippen LogP contribution < -0.4 is 9.46 Å². The van der Waals surface area contributed by atoms with Crippen LogP contribution in [0.25, 0.3) is 0 Å². The molecule has 2 rings (SSSR count). The molecule has 0 atom stereocenters. The van der Waals surface area contributed by atoms with Crippen LogP contribution in [0.3, 0.4) is 0 Å². The van der Waals surface area contributed by atoms with Crippen molar-refractivity contribution in [3.8, 4) is 5.75 Å². The first-order valence-corrected chi connectivity index (χ1v) is 11.1. The number of esters is 1. The minimum absolute atomic E-state index is 0.0143. The number of carbonyl (C=O) groups excluding carboxylic acids is 1. The van der Waals surface area contributed by atoms with Crippen molar-refractivity contribution in [1.29, 1.82) is 0 Å². The van der Waals surface area contributed by atoms with Gasteiger partial charge in [-0.2, -0.15) is 0 Å². The van der Waals surface area contributed by atoms with Gasteiger partial charge in [-0.3, -0.25) is 0 Å². The summed E-state index contributed by atoms with van der Waals surface area (Å²) in [7, 11) is -2.14. The summed E-state index contributed by atoms with van der Waals surface area (Å²) in [6.07, 6.45) is 0.446. The second kappa shape index (κ2) is 9.89. The van der Waals surface area contributed by atoms with E-state index in [0.29, 0.717) is 12.2 Å². The van der Waals surface area contributed by atoms with Gasteiger partial charge < -0.3 is 9.47 Å². The van der Waals surface area contributed by atoms with Gasteiger partial charge in [-0.15, -0.1) is 0 Å². The number of methoxy groups -OCH3 is 1. The predicted molar refractivity (Wildman–Crippen MR) is 113 cm³/mol. The Morgan fingerprint density at radius 1 is 1.03 bits per heavy atom. The smallest absolute Gasteiger partial charge is 0.343 e. The van der Waals surface area contributed by atoms with E-state index in [1.165, 1.54) is 12.7 Å². The highest BCUT2D eigenvalue weighted by Crippen LogP contribution is 2.22. The molecule has 0 saturated carbocycles. The van der Waals surface area contributed by atoms with Crippen LogP contribution in [0, 0.1) is 0 Å². The number of ether oxygens (including phenoxy) is 2. The molecule has 0 unspecified atom stereocenters. The third-order valence-electron chi connectivity index (χ3n) is 4.46. The van der Waals surface area contributed by atoms with E-state index in [9.17, 15) is 13.2 Å². The maximum Gasteiger partial charge on any atom is 0.343 e. The van der Waals surface area contributed by atoms with Crippen LogP contribution in [0.4, 0.5) is 0 Å². The van der Waals surface area contributed by atoms with Crippen molar-refractivity contribution in [2.45, 2.75) is 39.2 Å². The molecule has 158 valence electrons. The molecule has 2 aromatic carbocycles. The van der Waals surface area contributed by atoms with E-state index in [-0.39, 0.29) is 24.3 Å². The zero-order valence-corrected chi connectivity index (χ0v) is 18.2. The molecule has 0 aliphatic rings. The van der Waals surface area contributed by atoms with E-state index < -0.39 is 16.0 Å². The molecule has 0 aromatic heterocycles. The standard InChI is InChI=1S/C22H29NO5S/c1-22(2,3)19-10-8-17(9-11-19)12-13-29(25,26)23-15-18-6-5-7-20(14-18)28-16-21(24)27-4/h5-11,14,23H,12-13,15-16H2,1-4H3. The maximum absolute atomic E-state index is 12.3. The van der Waals surface area contributed by atoms with Gasteiger partial charge >= 0.3 is 5.97 Å². The second-order valence-corrected chi connectivity index (χ2v) is 9.78. The van der Waals surface area contributed by atoms with Gasteiger partial charge in [-0.05, 0) is 40.7 Å². The summed E-state index contributed by atoms with van der Waals surface area (Å²) in [5.74, 6) is 0.0121. The molecule has 0 aliphatic heterocycles. The van der Waals surface area contributed by atoms with Gasteiger partial charge in [0.2, 0.25) is 10.0 Å². The number of hydrogen-bond acceptors (Lipinski definition) is 5. The van der Waals surface area contributed by atoms with Crippen LogP contribution in [0.2, 0.25) is 0 Å². The number of benzene rings is 2. The topological polar surface area (TPSA) is 81.7 Å². The van der Waals surface area contributed by atoms with Crippen LogP contribution in [0.1, 0.15) is 37.5 Å². The van der Waals surface area contributed by atoms with Crippen molar-refractivity contribution in [1.82, 2.24) is 4.72 Å². The Bertz CT molecular complexity index is 915. The van der Waals surface area contributed by atoms with E-state index in [2.05, 4.69) is 42.4 Å². The summed E-state index contributed by atoms with van der Waals surface area (Å²) in [5, 5.41) is 0. The number of aryl methyl sites for hydroxylation is 1. The molecule has 0 amide bonds. The first kappa shape index (κ1) is 22.9. The number of sulfonamides is 1. The second-order valence-electron chi connectivity index (χ2n) is 7.85. The zero-order valence-electron chi connectivity index (χ0n) is 17.4. The van der Waals surface area contributed by atoms with Crippen molar-refractivity contribution >= 4 is 16.0 Å². The fraction of sp³-hybridized carbons (Fsp3) is 0.409. The van der Waals surface area contributed by atoms with Gasteiger partial charge in [0.1, 0.15) is 5.75 Å². The Hall–Kier alpha value is -2.38. The van der Waals surface area contributed by atoms with Crippen molar-refractivity contribution in [2.75, 3.05) is 19.5 Å². The lowest BCUT2D eigenvalue weighted by molar-refractivity contribution is -0.142. The van der Waals surface area contributed by atoms with E-state index >= 15 is 0 Å². The fourth-order valence-corrected chi connectivity index (χ4v) is 3.67. The Morgan fingerprint density at radius 2 is 1.72 bits per heavy atom. The quantitative estimate of drug-likeness (QED) is 0.631. The van der Waals surface area contributed by atoms with Crippen molar-refractivity contribution in [3.05, 3.63) is 65.2 Å². The molecule has 0 saturated heterocycles. The lowest BCUT2D eigenvalue weighted by Crippen LogP contribution is -2.27. The molecule has 0 fully saturated rings. The van der Waals surface area contributed by atoms with E-state index in [0.717, 1.165) is 11.1 Å². The van der Waals surface area contributed by atoms with Crippen LogP contribution in [0.5, 0.6) is 5.75 Å². The first-order chi connectivity index (χ1) is 13.6. The summed E-state index contributed by atoms with van der Waals surface area (Å²) < 4.78 is 37.1. The summed E-state index contributed by atoms with van der Waals surface area (Å²) in [5.41, 5.74) is 3.02. The monoisotopic (exact) mass is 419 g/mol. The first-order valence-electron chi connectivity index (χ1n) is 9.44. The molecular formula is C22H29NO5S. The number of carbonyl (C=O) groups is 1. The molecule has 0 heterocycles. The molecule has 6 nitrogen and oxygen atoms in total. The average Bonchev–Trinajstić information content (AvgIpc) is 2.69. The van der Waals surface area contributed by atoms with Crippen molar-refractivity contribution < 1.29 is 22.7 Å². The van der Waals surface area contributed by atoms with Crippen molar-refractivity contribution in [2.24, 2.45) is 0 Å². The minimum atomic E-state index is -3.42. The van der Waals surface area contributed by atoms with E-state index in [1.807, 2.05) is 12.1 Å². The van der Waals surface area contributed by atoms with Gasteiger partial charge in [0, 0.05) is 6.54 Å². The molecule has 0 bridgehead atoms.